The van der Waals surface area contributed by atoms with Crippen molar-refractivity contribution in [1.82, 2.24) is 10.2 Å². The maximum Gasteiger partial charge on any atom is 0.435 e. The number of nitrogens with zero attached hydrogens (tertiary/aromatic N) is 2. The Morgan fingerprint density at radius 2 is 1.91 bits per heavy atom. The molecule has 0 aliphatic carbocycles. The summed E-state index contributed by atoms with van der Waals surface area (Å²) >= 11 is 0. The van der Waals surface area contributed by atoms with Gasteiger partial charge in [0.05, 0.1) is 7.11 Å². The molecule has 0 atom stereocenters. The molecule has 0 radical (unpaired) electrons. The van der Waals surface area contributed by atoms with Crippen molar-refractivity contribution in [3.8, 4) is 5.75 Å². The molecule has 22 heavy (non-hydrogen) atoms. The van der Waals surface area contributed by atoms with Crippen LogP contribution in [-0.4, -0.2) is 23.9 Å². The summed E-state index contributed by atoms with van der Waals surface area (Å²) in [6.45, 7) is 2.50. The minimum atomic E-state index is -4.47. The summed E-state index contributed by atoms with van der Waals surface area (Å²) < 4.78 is 42.4. The fourth-order valence-electron chi connectivity index (χ4n) is 2.01. The molecule has 1 N–H and O–H groups in total. The van der Waals surface area contributed by atoms with Crippen LogP contribution in [0.2, 0.25) is 0 Å². The van der Waals surface area contributed by atoms with Crippen molar-refractivity contribution >= 4 is 5.82 Å². The molecular formula is C15H16F3N3O. The van der Waals surface area contributed by atoms with Crippen LogP contribution in [0.25, 0.3) is 0 Å². The highest BCUT2D eigenvalue weighted by Crippen LogP contribution is 2.27. The first-order valence-electron chi connectivity index (χ1n) is 6.68. The van der Waals surface area contributed by atoms with Crippen LogP contribution in [0.15, 0.2) is 30.3 Å². The number of ether oxygens (including phenoxy) is 1. The highest BCUT2D eigenvalue weighted by molar-refractivity contribution is 5.38. The predicted molar refractivity (Wildman–Crippen MR) is 77.0 cm³/mol. The Labute approximate surface area is 126 Å². The molecule has 118 valence electrons. The first kappa shape index (κ1) is 16.1. The van der Waals surface area contributed by atoms with E-state index in [2.05, 4.69) is 15.5 Å². The van der Waals surface area contributed by atoms with E-state index in [0.717, 1.165) is 22.9 Å². The van der Waals surface area contributed by atoms with E-state index in [0.29, 0.717) is 18.8 Å². The largest absolute Gasteiger partial charge is 0.496 e. The summed E-state index contributed by atoms with van der Waals surface area (Å²) in [6.07, 6.45) is -3.81. The normalized spacial score (nSPS) is 11.3. The average Bonchev–Trinajstić information content (AvgIpc) is 2.47. The van der Waals surface area contributed by atoms with Gasteiger partial charge in [-0.1, -0.05) is 17.7 Å². The molecule has 0 amide bonds. The number of alkyl halides is 3. The van der Waals surface area contributed by atoms with Gasteiger partial charge in [-0.25, -0.2) is 0 Å². The van der Waals surface area contributed by atoms with Crippen molar-refractivity contribution in [3.63, 3.8) is 0 Å². The number of hydrogen-bond donors (Lipinski definition) is 1. The summed E-state index contributed by atoms with van der Waals surface area (Å²) in [7, 11) is 1.60. The average molecular weight is 311 g/mol. The molecule has 2 rings (SSSR count). The molecule has 2 aromatic rings. The van der Waals surface area contributed by atoms with Gasteiger partial charge in [0, 0.05) is 6.54 Å². The molecule has 0 aliphatic heterocycles. The van der Waals surface area contributed by atoms with Crippen molar-refractivity contribution in [2.24, 2.45) is 0 Å². The molecule has 0 saturated heterocycles. The molecule has 0 spiro atoms. The van der Waals surface area contributed by atoms with E-state index in [-0.39, 0.29) is 0 Å². The van der Waals surface area contributed by atoms with Crippen molar-refractivity contribution in [2.75, 3.05) is 19.0 Å². The van der Waals surface area contributed by atoms with Crippen LogP contribution in [0.5, 0.6) is 5.75 Å². The van der Waals surface area contributed by atoms with E-state index < -0.39 is 11.9 Å². The zero-order valence-corrected chi connectivity index (χ0v) is 12.2. The second-order valence-corrected chi connectivity index (χ2v) is 4.79. The number of rotatable bonds is 5. The summed E-state index contributed by atoms with van der Waals surface area (Å²) in [6, 6.07) is 8.03. The van der Waals surface area contributed by atoms with Gasteiger partial charge in [-0.05, 0) is 37.1 Å². The summed E-state index contributed by atoms with van der Waals surface area (Å²) in [4.78, 5) is 0. The van der Waals surface area contributed by atoms with Crippen LogP contribution in [0.4, 0.5) is 19.0 Å². The monoisotopic (exact) mass is 311 g/mol. The lowest BCUT2D eigenvalue weighted by molar-refractivity contribution is -0.141. The van der Waals surface area contributed by atoms with E-state index in [9.17, 15) is 13.2 Å². The number of benzene rings is 1. The first-order chi connectivity index (χ1) is 10.4. The predicted octanol–water partition coefficient (Wildman–Crippen LogP) is 3.47. The van der Waals surface area contributed by atoms with Gasteiger partial charge >= 0.3 is 6.18 Å². The van der Waals surface area contributed by atoms with Crippen molar-refractivity contribution in [3.05, 3.63) is 47.2 Å². The summed E-state index contributed by atoms with van der Waals surface area (Å²) in [5.41, 5.74) is 1.14. The molecule has 0 unspecified atom stereocenters. The first-order valence-corrected chi connectivity index (χ1v) is 6.68. The number of methoxy groups -OCH3 is 1. The van der Waals surface area contributed by atoms with Crippen LogP contribution in [0, 0.1) is 6.92 Å². The number of halogens is 3. The van der Waals surface area contributed by atoms with E-state index in [1.165, 1.54) is 6.07 Å². The minimum Gasteiger partial charge on any atom is -0.496 e. The van der Waals surface area contributed by atoms with E-state index in [1.807, 2.05) is 25.1 Å². The van der Waals surface area contributed by atoms with Crippen LogP contribution in [0.1, 0.15) is 16.8 Å². The third kappa shape index (κ3) is 4.09. The molecule has 4 nitrogen and oxygen atoms in total. The molecule has 0 bridgehead atoms. The van der Waals surface area contributed by atoms with Gasteiger partial charge in [-0.15, -0.1) is 10.2 Å². The van der Waals surface area contributed by atoms with Gasteiger partial charge in [0.1, 0.15) is 11.6 Å². The van der Waals surface area contributed by atoms with Crippen LogP contribution < -0.4 is 10.1 Å². The quantitative estimate of drug-likeness (QED) is 0.918. The standard InChI is InChI=1S/C15H16F3N3O/c1-10-3-4-12(22-2)11(9-10)7-8-19-14-6-5-13(20-21-14)15(16,17)18/h3-6,9H,7-8H2,1-2H3,(H,19,21). The number of nitrogens with one attached hydrogen (secondary N) is 1. The second-order valence-electron chi connectivity index (χ2n) is 4.79. The Morgan fingerprint density at radius 3 is 2.50 bits per heavy atom. The number of anilines is 1. The van der Waals surface area contributed by atoms with Crippen molar-refractivity contribution < 1.29 is 17.9 Å². The number of aryl methyl sites for hydroxylation is 1. The van der Waals surface area contributed by atoms with Crippen molar-refractivity contribution in [1.29, 1.82) is 0 Å². The Bertz CT molecular complexity index is 627. The van der Waals surface area contributed by atoms with Gasteiger partial charge in [0.25, 0.3) is 0 Å². The highest BCUT2D eigenvalue weighted by Gasteiger charge is 2.32. The topological polar surface area (TPSA) is 47.0 Å². The van der Waals surface area contributed by atoms with E-state index in [1.54, 1.807) is 7.11 Å². The molecule has 0 fully saturated rings. The maximum atomic E-state index is 12.4. The molecule has 7 heteroatoms. The summed E-state index contributed by atoms with van der Waals surface area (Å²) in [5, 5.41) is 9.63. The highest BCUT2D eigenvalue weighted by atomic mass is 19.4. The lowest BCUT2D eigenvalue weighted by atomic mass is 10.1. The second kappa shape index (κ2) is 6.64. The molecule has 1 aromatic carbocycles. The molecular weight excluding hydrogens is 295 g/mol. The molecule has 0 aliphatic rings. The van der Waals surface area contributed by atoms with Crippen molar-refractivity contribution in [2.45, 2.75) is 19.5 Å². The van der Waals surface area contributed by atoms with E-state index in [4.69, 9.17) is 4.74 Å². The van der Waals surface area contributed by atoms with Crippen LogP contribution in [0.3, 0.4) is 0 Å². The zero-order valence-electron chi connectivity index (χ0n) is 12.2. The maximum absolute atomic E-state index is 12.4. The fourth-order valence-corrected chi connectivity index (χ4v) is 2.01. The molecule has 0 saturated carbocycles. The smallest absolute Gasteiger partial charge is 0.435 e. The van der Waals surface area contributed by atoms with Gasteiger partial charge in [-0.3, -0.25) is 0 Å². The third-order valence-corrected chi connectivity index (χ3v) is 3.09. The van der Waals surface area contributed by atoms with Gasteiger partial charge in [0.2, 0.25) is 0 Å². The van der Waals surface area contributed by atoms with E-state index >= 15 is 0 Å². The van der Waals surface area contributed by atoms with Crippen LogP contribution >= 0.6 is 0 Å². The zero-order chi connectivity index (χ0) is 16.2. The Balaban J connectivity index is 1.95. The minimum absolute atomic E-state index is 0.305. The Kier molecular flexibility index (Phi) is 4.85. The SMILES string of the molecule is COc1ccc(C)cc1CCNc1ccc(C(F)(F)F)nn1. The molecule has 1 aromatic heterocycles. The fraction of sp³-hybridized carbons (Fsp3) is 0.333. The lowest BCUT2D eigenvalue weighted by Crippen LogP contribution is -2.12. The Morgan fingerprint density at radius 1 is 1.14 bits per heavy atom. The summed E-state index contributed by atoms with van der Waals surface area (Å²) in [5.74, 6) is 1.09. The third-order valence-electron chi connectivity index (χ3n) is 3.09. The number of hydrogen-bond acceptors (Lipinski definition) is 4. The van der Waals surface area contributed by atoms with Crippen LogP contribution in [-0.2, 0) is 12.6 Å². The molecule has 1 heterocycles. The lowest BCUT2D eigenvalue weighted by Gasteiger charge is -2.11. The van der Waals surface area contributed by atoms with Gasteiger partial charge < -0.3 is 10.1 Å². The van der Waals surface area contributed by atoms with Gasteiger partial charge in [-0.2, -0.15) is 13.2 Å². The Hall–Kier alpha value is -2.31. The number of aromatic nitrogens is 2. The van der Waals surface area contributed by atoms with Gasteiger partial charge in [0.15, 0.2) is 5.69 Å².